The molecule has 0 N–H and O–H groups in total. The van der Waals surface area contributed by atoms with Crippen molar-refractivity contribution in [3.8, 4) is 23.0 Å². The molecule has 0 aromatic heterocycles. The van der Waals surface area contributed by atoms with Crippen LogP contribution in [0.3, 0.4) is 0 Å². The molecular weight excluding hydrogens is 785 g/mol. The van der Waals surface area contributed by atoms with Crippen molar-refractivity contribution in [3.05, 3.63) is 47.5 Å². The first kappa shape index (κ1) is 45.7. The average molecular weight is 849 g/mol. The molecule has 4 unspecified atom stereocenters. The monoisotopic (exact) mass is 848 g/mol. The molecule has 0 saturated carbocycles. The summed E-state index contributed by atoms with van der Waals surface area (Å²) >= 11 is 0. The molecule has 0 radical (unpaired) electrons. The highest BCUT2D eigenvalue weighted by Crippen LogP contribution is 2.46. The van der Waals surface area contributed by atoms with Gasteiger partial charge in [-0.25, -0.2) is 0 Å². The Morgan fingerprint density at radius 1 is 0.475 bits per heavy atom. The number of carbonyl (C=O) groups is 6. The van der Waals surface area contributed by atoms with E-state index in [9.17, 15) is 28.8 Å². The number of ether oxygens (including phenoxy) is 6. The van der Waals surface area contributed by atoms with Crippen LogP contribution in [0.15, 0.2) is 36.4 Å². The van der Waals surface area contributed by atoms with Gasteiger partial charge in [-0.3, -0.25) is 28.8 Å². The second-order valence-electron chi connectivity index (χ2n) is 17.7. The smallest absolute Gasteiger partial charge is 0.311 e. The topological polar surface area (TPSA) is 158 Å². The highest BCUT2D eigenvalue weighted by Gasteiger charge is 2.53. The van der Waals surface area contributed by atoms with Crippen LogP contribution < -0.4 is 18.9 Å². The number of carbonyl (C=O) groups excluding carboxylic acids is 6. The number of fused-ring (bicyclic) bond motifs is 4. The van der Waals surface area contributed by atoms with Crippen LogP contribution in [-0.4, -0.2) is 95.3 Å². The summed E-state index contributed by atoms with van der Waals surface area (Å²) in [4.78, 5) is 74.4. The Hall–Kier alpha value is -4.82. The van der Waals surface area contributed by atoms with E-state index in [0.717, 1.165) is 71.5 Å². The van der Waals surface area contributed by atoms with Gasteiger partial charge in [0.25, 0.3) is 0 Å². The Kier molecular flexibility index (Phi) is 14.9. The van der Waals surface area contributed by atoms with Gasteiger partial charge in [0.05, 0.1) is 38.3 Å². The normalized spacial score (nSPS) is 27.4. The van der Waals surface area contributed by atoms with Gasteiger partial charge < -0.3 is 37.4 Å². The number of quaternary nitrogens is 2. The molecule has 332 valence electrons. The molecule has 8 atom stereocenters. The van der Waals surface area contributed by atoms with Gasteiger partial charge >= 0.3 is 35.8 Å². The van der Waals surface area contributed by atoms with Crippen molar-refractivity contribution in [3.63, 3.8) is 0 Å². The summed E-state index contributed by atoms with van der Waals surface area (Å²) in [5, 5.41) is 0. The molecule has 0 aliphatic carbocycles. The standard InChI is InChI=1S/C47H64N2O12/c1-7-42(50)58-38-20-14-30(22-40(38)60-44(52)9-3)28-48(5)32-16-17-33(48)25-36(24-32)56-46(54)12-11-13-47(55)57-37-26-34-18-19-35(27-37)49(34,6)29-31-15-21-39(59-43(51)8-2)41(23-31)61-45(53)10-4/h14-15,20-23,32-37H,7-13,16-19,24-29H2,1-6H3/q+2/t32-,33+,34-,35+,36?,37?,48?,49?. The van der Waals surface area contributed by atoms with Gasteiger partial charge in [-0.05, 0) is 42.8 Å². The van der Waals surface area contributed by atoms with E-state index in [4.69, 9.17) is 28.4 Å². The van der Waals surface area contributed by atoms with Gasteiger partial charge in [0.15, 0.2) is 23.0 Å². The number of esters is 6. The summed E-state index contributed by atoms with van der Waals surface area (Å²) in [5.74, 6) is -1.27. The summed E-state index contributed by atoms with van der Waals surface area (Å²) in [6.07, 6.45) is 8.18. The Bertz CT molecular complexity index is 1800. The lowest BCUT2D eigenvalue weighted by Gasteiger charge is -2.47. The first-order chi connectivity index (χ1) is 29.2. The van der Waals surface area contributed by atoms with Gasteiger partial charge in [-0.2, -0.15) is 0 Å². The minimum Gasteiger partial charge on any atom is -0.462 e. The maximum Gasteiger partial charge on any atom is 0.311 e. The fraction of sp³-hybridized carbons (Fsp3) is 0.617. The van der Waals surface area contributed by atoms with Crippen molar-refractivity contribution >= 4 is 35.8 Å². The number of hydrogen-bond acceptors (Lipinski definition) is 12. The number of piperidine rings is 2. The van der Waals surface area contributed by atoms with Crippen LogP contribution in [-0.2, 0) is 51.3 Å². The number of benzene rings is 2. The van der Waals surface area contributed by atoms with Crippen LogP contribution in [0.4, 0.5) is 0 Å². The van der Waals surface area contributed by atoms with Gasteiger partial charge in [-0.15, -0.1) is 0 Å². The molecule has 0 spiro atoms. The molecule has 4 heterocycles. The fourth-order valence-electron chi connectivity index (χ4n) is 10.2. The Balaban J connectivity index is 0.953. The van der Waals surface area contributed by atoms with Crippen LogP contribution >= 0.6 is 0 Å². The molecule has 2 aromatic carbocycles. The van der Waals surface area contributed by atoms with E-state index in [0.29, 0.717) is 19.5 Å². The summed E-state index contributed by atoms with van der Waals surface area (Å²) < 4.78 is 35.5. The minimum absolute atomic E-state index is 0.151. The molecule has 2 aromatic rings. The van der Waals surface area contributed by atoms with Gasteiger partial charge in [0.1, 0.15) is 25.3 Å². The summed E-state index contributed by atoms with van der Waals surface area (Å²) in [6.45, 7) is 8.23. The predicted octanol–water partition coefficient (Wildman–Crippen LogP) is 7.19. The third kappa shape index (κ3) is 11.0. The van der Waals surface area contributed by atoms with E-state index < -0.39 is 23.9 Å². The van der Waals surface area contributed by atoms with Crippen molar-refractivity contribution in [2.75, 3.05) is 14.1 Å². The first-order valence-corrected chi connectivity index (χ1v) is 22.3. The maximum absolute atomic E-state index is 13.0. The van der Waals surface area contributed by atoms with Gasteiger partial charge in [0, 0.05) is 101 Å². The molecule has 0 amide bonds. The molecule has 4 saturated heterocycles. The third-order valence-electron chi connectivity index (χ3n) is 13.6. The van der Waals surface area contributed by atoms with Crippen LogP contribution in [0.25, 0.3) is 0 Å². The summed E-state index contributed by atoms with van der Waals surface area (Å²) in [6, 6.07) is 12.0. The molecule has 4 bridgehead atoms. The zero-order valence-electron chi connectivity index (χ0n) is 36.7. The predicted molar refractivity (Wildman–Crippen MR) is 222 cm³/mol. The second kappa shape index (κ2) is 19.9. The van der Waals surface area contributed by atoms with E-state index in [2.05, 4.69) is 14.1 Å². The van der Waals surface area contributed by atoms with Crippen LogP contribution in [0.2, 0.25) is 0 Å². The zero-order chi connectivity index (χ0) is 43.9. The maximum atomic E-state index is 13.0. The average Bonchev–Trinajstić information content (AvgIpc) is 3.45. The van der Waals surface area contributed by atoms with E-state index in [1.807, 2.05) is 12.1 Å². The Labute approximate surface area is 359 Å². The van der Waals surface area contributed by atoms with Crippen molar-refractivity contribution in [1.29, 1.82) is 0 Å². The molecular formula is C47H64N2O12+2. The SMILES string of the molecule is CCC(=O)Oc1ccc(C[N+]2(C)[C@@H]3CC[C@H]2CC(OC(=O)CCCC(=O)OC2C[C@H]4CC[C@@H](C2)[N+]4(C)Cc2ccc(OC(=O)CC)c(OC(=O)CC)c2)C3)cc1OC(=O)CC. The molecule has 61 heavy (non-hydrogen) atoms. The van der Waals surface area contributed by atoms with Crippen LogP contribution in [0.1, 0.15) is 135 Å². The second-order valence-corrected chi connectivity index (χ2v) is 17.7. The highest BCUT2D eigenvalue weighted by atomic mass is 16.6. The Morgan fingerprint density at radius 3 is 1.10 bits per heavy atom. The van der Waals surface area contributed by atoms with Gasteiger partial charge in [-0.1, -0.05) is 27.7 Å². The zero-order valence-corrected chi connectivity index (χ0v) is 36.7. The summed E-state index contributed by atoms with van der Waals surface area (Å²) in [5.41, 5.74) is 1.94. The highest BCUT2D eigenvalue weighted by molar-refractivity contribution is 5.77. The summed E-state index contributed by atoms with van der Waals surface area (Å²) in [7, 11) is 4.48. The minimum atomic E-state index is -0.408. The molecule has 4 fully saturated rings. The molecule has 14 nitrogen and oxygen atoms in total. The number of hydrogen-bond donors (Lipinski definition) is 0. The van der Waals surface area contributed by atoms with Gasteiger partial charge in [0.2, 0.25) is 0 Å². The molecule has 14 heteroatoms. The van der Waals surface area contributed by atoms with Crippen LogP contribution in [0, 0.1) is 0 Å². The molecule has 4 aliphatic heterocycles. The molecule has 6 rings (SSSR count). The van der Waals surface area contributed by atoms with E-state index >= 15 is 0 Å². The lowest BCUT2D eigenvalue weighted by atomic mass is 9.95. The number of nitrogens with zero attached hydrogens (tertiary/aromatic N) is 2. The third-order valence-corrected chi connectivity index (χ3v) is 13.6. The van der Waals surface area contributed by atoms with Crippen molar-refractivity contribution < 1.29 is 66.2 Å². The lowest BCUT2D eigenvalue weighted by molar-refractivity contribution is -0.961. The largest absolute Gasteiger partial charge is 0.462 e. The van der Waals surface area contributed by atoms with Crippen molar-refractivity contribution in [2.24, 2.45) is 0 Å². The Morgan fingerprint density at radius 2 is 0.787 bits per heavy atom. The van der Waals surface area contributed by atoms with E-state index in [1.54, 1.807) is 52.0 Å². The van der Waals surface area contributed by atoms with E-state index in [-0.39, 0.29) is 110 Å². The van der Waals surface area contributed by atoms with Crippen molar-refractivity contribution in [1.82, 2.24) is 0 Å². The lowest BCUT2D eigenvalue weighted by Crippen LogP contribution is -2.58. The number of rotatable bonds is 18. The quantitative estimate of drug-likeness (QED) is 0.0847. The first-order valence-electron chi connectivity index (χ1n) is 22.3. The van der Waals surface area contributed by atoms with Crippen molar-refractivity contribution in [2.45, 2.75) is 173 Å². The molecule has 4 aliphatic rings. The fourth-order valence-corrected chi connectivity index (χ4v) is 10.2. The van der Waals surface area contributed by atoms with Crippen LogP contribution in [0.5, 0.6) is 23.0 Å². The van der Waals surface area contributed by atoms with E-state index in [1.165, 1.54) is 0 Å².